The van der Waals surface area contributed by atoms with Gasteiger partial charge in [0.15, 0.2) is 0 Å². The van der Waals surface area contributed by atoms with E-state index in [2.05, 4.69) is 0 Å². The average molecular weight is 168 g/mol. The lowest BCUT2D eigenvalue weighted by atomic mass is 10.3. The second-order valence-corrected chi connectivity index (χ2v) is 2.49. The number of carbonyl (C=O) groups excluding carboxylic acids is 1. The molecule has 1 fully saturated rings. The lowest BCUT2D eigenvalue weighted by Gasteiger charge is -2.21. The van der Waals surface area contributed by atoms with Crippen molar-refractivity contribution >= 4 is 6.09 Å². The molecule has 1 saturated carbocycles. The fourth-order valence-electron chi connectivity index (χ4n) is 0.800. The molecule has 0 aromatic heterocycles. The summed E-state index contributed by atoms with van der Waals surface area (Å²) in [4.78, 5) is 9.78. The van der Waals surface area contributed by atoms with Crippen molar-refractivity contribution in [1.82, 2.24) is 5.32 Å². The quantitative estimate of drug-likeness (QED) is 0.599. The van der Waals surface area contributed by atoms with Crippen molar-refractivity contribution < 1.29 is 23.1 Å². The molecule has 1 rings (SSSR count). The first-order valence-electron chi connectivity index (χ1n) is 2.93. The summed E-state index contributed by atoms with van der Waals surface area (Å²) >= 11 is 0. The Hall–Kier alpha value is -0.940. The van der Waals surface area contributed by atoms with Gasteiger partial charge in [-0.25, -0.2) is 0 Å². The van der Waals surface area contributed by atoms with E-state index in [0.717, 1.165) is 0 Å². The Labute approximate surface area is 60.2 Å². The molecule has 6 heteroatoms. The van der Waals surface area contributed by atoms with Crippen LogP contribution in [0.25, 0.3) is 0 Å². The van der Waals surface area contributed by atoms with E-state index in [1.807, 2.05) is 0 Å². The Bertz CT molecular complexity index is 185. The number of rotatable bonds is 1. The molecule has 0 spiro atoms. The Morgan fingerprint density at radius 3 is 2.00 bits per heavy atom. The molecule has 64 valence electrons. The Morgan fingerprint density at radius 1 is 1.45 bits per heavy atom. The van der Waals surface area contributed by atoms with Crippen LogP contribution in [0.4, 0.5) is 18.0 Å². The number of alkyl halides is 3. The van der Waals surface area contributed by atoms with Gasteiger partial charge in [0.1, 0.15) is 11.6 Å². The molecule has 0 bridgehead atoms. The third-order valence-electron chi connectivity index (χ3n) is 1.63. The van der Waals surface area contributed by atoms with Gasteiger partial charge in [0.25, 0.3) is 0 Å². The van der Waals surface area contributed by atoms with Crippen LogP contribution in [0.15, 0.2) is 0 Å². The molecule has 0 radical (unpaired) electrons. The molecule has 1 amide bonds. The van der Waals surface area contributed by atoms with Gasteiger partial charge in [-0.15, -0.1) is 0 Å². The van der Waals surface area contributed by atoms with E-state index in [4.69, 9.17) is 0 Å². The highest BCUT2D eigenvalue weighted by Gasteiger charge is 2.63. The van der Waals surface area contributed by atoms with Crippen LogP contribution in [0.5, 0.6) is 0 Å². The van der Waals surface area contributed by atoms with Gasteiger partial charge in [-0.1, -0.05) is 0 Å². The maximum absolute atomic E-state index is 11.9. The van der Waals surface area contributed by atoms with Gasteiger partial charge in [0, 0.05) is 0 Å². The van der Waals surface area contributed by atoms with E-state index < -0.39 is 17.8 Å². The number of nitrogens with one attached hydrogen (secondary N) is 1. The van der Waals surface area contributed by atoms with Crippen LogP contribution < -0.4 is 10.4 Å². The van der Waals surface area contributed by atoms with E-state index in [9.17, 15) is 23.1 Å². The molecule has 0 heterocycles. The number of carbonyl (C=O) groups is 1. The van der Waals surface area contributed by atoms with Gasteiger partial charge in [-0.05, 0) is 12.8 Å². The van der Waals surface area contributed by atoms with Gasteiger partial charge in [0.2, 0.25) is 0 Å². The van der Waals surface area contributed by atoms with Gasteiger partial charge >= 0.3 is 6.18 Å². The highest BCUT2D eigenvalue weighted by Crippen LogP contribution is 2.48. The number of halogens is 3. The monoisotopic (exact) mass is 168 g/mol. The zero-order chi connectivity index (χ0) is 8.70. The Morgan fingerprint density at radius 2 is 1.91 bits per heavy atom. The second kappa shape index (κ2) is 2.02. The summed E-state index contributed by atoms with van der Waals surface area (Å²) in [5.41, 5.74) is -2.20. The number of amides is 1. The van der Waals surface area contributed by atoms with Crippen LogP contribution >= 0.6 is 0 Å². The van der Waals surface area contributed by atoms with Crippen molar-refractivity contribution in [2.75, 3.05) is 0 Å². The summed E-state index contributed by atoms with van der Waals surface area (Å²) in [5.74, 6) is 0. The SMILES string of the molecule is O=C([O-])NC1(C(F)(F)F)CC1. The lowest BCUT2D eigenvalue weighted by Crippen LogP contribution is -2.52. The van der Waals surface area contributed by atoms with Crippen LogP contribution in [-0.4, -0.2) is 17.8 Å². The molecule has 1 N–H and O–H groups in total. The molecule has 0 aromatic rings. The largest absolute Gasteiger partial charge is 0.530 e. The molecular formula is C5H5F3NO2-. The number of hydrogen-bond donors (Lipinski definition) is 1. The van der Waals surface area contributed by atoms with Crippen molar-refractivity contribution in [3.05, 3.63) is 0 Å². The minimum Gasteiger partial charge on any atom is -0.530 e. The molecule has 3 nitrogen and oxygen atoms in total. The minimum absolute atomic E-state index is 0.190. The Kier molecular flexibility index (Phi) is 1.50. The highest BCUT2D eigenvalue weighted by atomic mass is 19.4. The second-order valence-electron chi connectivity index (χ2n) is 2.49. The molecule has 0 atom stereocenters. The normalized spacial score (nSPS) is 21.0. The van der Waals surface area contributed by atoms with Gasteiger partial charge in [0.05, 0.1) is 0 Å². The van der Waals surface area contributed by atoms with Gasteiger partial charge in [-0.3, -0.25) is 0 Å². The zero-order valence-electron chi connectivity index (χ0n) is 5.36. The van der Waals surface area contributed by atoms with Crippen LogP contribution in [0.3, 0.4) is 0 Å². The molecule has 11 heavy (non-hydrogen) atoms. The minimum atomic E-state index is -4.49. The highest BCUT2D eigenvalue weighted by molar-refractivity contribution is 5.64. The molecule has 0 saturated heterocycles. The summed E-state index contributed by atoms with van der Waals surface area (Å²) < 4.78 is 35.7. The van der Waals surface area contributed by atoms with E-state index in [1.165, 1.54) is 5.32 Å². The molecule has 0 unspecified atom stereocenters. The maximum atomic E-state index is 11.9. The van der Waals surface area contributed by atoms with Crippen molar-refractivity contribution in [1.29, 1.82) is 0 Å². The van der Waals surface area contributed by atoms with Crippen molar-refractivity contribution in [3.63, 3.8) is 0 Å². The molecule has 0 aliphatic heterocycles. The maximum Gasteiger partial charge on any atom is 0.411 e. The zero-order valence-corrected chi connectivity index (χ0v) is 5.36. The predicted octanol–water partition coefficient (Wildman–Crippen LogP) is 0.0142. The molecule has 1 aliphatic rings. The third-order valence-corrected chi connectivity index (χ3v) is 1.63. The van der Waals surface area contributed by atoms with Crippen LogP contribution in [-0.2, 0) is 0 Å². The van der Waals surface area contributed by atoms with Gasteiger partial charge < -0.3 is 15.2 Å². The van der Waals surface area contributed by atoms with Crippen molar-refractivity contribution in [2.24, 2.45) is 0 Å². The third kappa shape index (κ3) is 1.38. The molecule has 0 aromatic carbocycles. The number of carboxylic acid groups (broad SMARTS) is 1. The smallest absolute Gasteiger partial charge is 0.411 e. The van der Waals surface area contributed by atoms with Crippen LogP contribution in [0.1, 0.15) is 12.8 Å². The molecular weight excluding hydrogens is 163 g/mol. The van der Waals surface area contributed by atoms with E-state index >= 15 is 0 Å². The summed E-state index contributed by atoms with van der Waals surface area (Å²) in [6.45, 7) is 0. The number of hydrogen-bond acceptors (Lipinski definition) is 2. The van der Waals surface area contributed by atoms with Crippen molar-refractivity contribution in [2.45, 2.75) is 24.6 Å². The summed E-state index contributed by atoms with van der Waals surface area (Å²) in [6, 6.07) is 0. The first-order chi connectivity index (χ1) is 4.87. The Balaban J connectivity index is 2.61. The summed E-state index contributed by atoms with van der Waals surface area (Å²) in [6.07, 6.45) is -6.75. The first kappa shape index (κ1) is 8.16. The first-order valence-corrected chi connectivity index (χ1v) is 2.93. The van der Waals surface area contributed by atoms with Gasteiger partial charge in [-0.2, -0.15) is 13.2 Å². The molecule has 1 aliphatic carbocycles. The van der Waals surface area contributed by atoms with Crippen molar-refractivity contribution in [3.8, 4) is 0 Å². The van der Waals surface area contributed by atoms with E-state index in [0.29, 0.717) is 0 Å². The standard InChI is InChI=1S/C5H6F3NO2/c6-5(7,8)4(1-2-4)9-3(10)11/h9H,1-2H2,(H,10,11)/p-1. The topological polar surface area (TPSA) is 52.2 Å². The average Bonchev–Trinajstić information content (AvgIpc) is 2.42. The predicted molar refractivity (Wildman–Crippen MR) is 26.6 cm³/mol. The fourth-order valence-corrected chi connectivity index (χ4v) is 0.800. The fraction of sp³-hybridized carbons (Fsp3) is 0.800. The summed E-state index contributed by atoms with van der Waals surface area (Å²) in [5, 5.41) is 11.1. The lowest BCUT2D eigenvalue weighted by molar-refractivity contribution is -0.258. The van der Waals surface area contributed by atoms with E-state index in [-0.39, 0.29) is 12.8 Å². The van der Waals surface area contributed by atoms with Crippen LogP contribution in [0, 0.1) is 0 Å². The van der Waals surface area contributed by atoms with Crippen LogP contribution in [0.2, 0.25) is 0 Å². The van der Waals surface area contributed by atoms with E-state index in [1.54, 1.807) is 0 Å². The summed E-state index contributed by atoms with van der Waals surface area (Å²) in [7, 11) is 0.